The number of nitrogens with zero attached hydrogens (tertiary/aromatic N) is 2. The van der Waals surface area contributed by atoms with Crippen LogP contribution in [0.4, 0.5) is 5.82 Å². The van der Waals surface area contributed by atoms with Crippen LogP contribution in [0.3, 0.4) is 0 Å². The molecular formula is C11H16N4O2S3. The molecule has 0 spiro atoms. The Morgan fingerprint density at radius 2 is 2.40 bits per heavy atom. The van der Waals surface area contributed by atoms with Crippen LogP contribution in [0.15, 0.2) is 16.6 Å². The summed E-state index contributed by atoms with van der Waals surface area (Å²) in [5.74, 6) is 1.13. The van der Waals surface area contributed by atoms with Gasteiger partial charge in [0, 0.05) is 22.9 Å². The molecule has 1 atom stereocenters. The predicted molar refractivity (Wildman–Crippen MR) is 82.8 cm³/mol. The van der Waals surface area contributed by atoms with Crippen molar-refractivity contribution in [2.24, 2.45) is 0 Å². The number of nitrogens with one attached hydrogen (secondary N) is 1. The van der Waals surface area contributed by atoms with Gasteiger partial charge in [0.25, 0.3) is 10.0 Å². The zero-order valence-corrected chi connectivity index (χ0v) is 13.4. The van der Waals surface area contributed by atoms with Crippen molar-refractivity contribution in [2.75, 3.05) is 18.0 Å². The number of hydrogen-bond acceptors (Lipinski definition) is 6. The van der Waals surface area contributed by atoms with Crippen molar-refractivity contribution in [1.82, 2.24) is 14.1 Å². The van der Waals surface area contributed by atoms with E-state index in [0.717, 1.165) is 18.6 Å². The average Bonchev–Trinajstić information content (AvgIpc) is 3.03. The van der Waals surface area contributed by atoms with Gasteiger partial charge in [0.15, 0.2) is 15.8 Å². The third-order valence-corrected chi connectivity index (χ3v) is 7.17. The van der Waals surface area contributed by atoms with Gasteiger partial charge in [0.2, 0.25) is 0 Å². The van der Waals surface area contributed by atoms with Crippen LogP contribution in [-0.4, -0.2) is 34.8 Å². The van der Waals surface area contributed by atoms with E-state index in [1.54, 1.807) is 11.6 Å². The molecule has 1 aliphatic heterocycles. The van der Waals surface area contributed by atoms with Gasteiger partial charge in [-0.1, -0.05) is 0 Å². The zero-order valence-electron chi connectivity index (χ0n) is 11.0. The first-order chi connectivity index (χ1) is 9.41. The highest BCUT2D eigenvalue weighted by molar-refractivity contribution is 8.01. The zero-order chi connectivity index (χ0) is 14.4. The first-order valence-electron chi connectivity index (χ1n) is 6.26. The minimum atomic E-state index is -3.65. The van der Waals surface area contributed by atoms with Crippen LogP contribution in [0, 0.1) is 0 Å². The highest BCUT2D eigenvalue weighted by Gasteiger charge is 2.32. The highest BCUT2D eigenvalue weighted by Crippen LogP contribution is 2.37. The molecule has 0 bridgehead atoms. The van der Waals surface area contributed by atoms with Crippen LogP contribution >= 0.6 is 23.1 Å². The predicted octanol–water partition coefficient (Wildman–Crippen LogP) is 1.54. The molecule has 0 amide bonds. The number of thioether (sulfide) groups is 1. The summed E-state index contributed by atoms with van der Waals surface area (Å²) in [5, 5.41) is 1.83. The summed E-state index contributed by atoms with van der Waals surface area (Å²) < 4.78 is 29.1. The van der Waals surface area contributed by atoms with Gasteiger partial charge in [-0.2, -0.15) is 11.8 Å². The van der Waals surface area contributed by atoms with E-state index in [-0.39, 0.29) is 15.6 Å². The van der Waals surface area contributed by atoms with Gasteiger partial charge in [-0.05, 0) is 25.5 Å². The van der Waals surface area contributed by atoms with Gasteiger partial charge < -0.3 is 5.73 Å². The fourth-order valence-corrected chi connectivity index (χ4v) is 5.83. The molecule has 20 heavy (non-hydrogen) atoms. The number of hydrogen-bond donors (Lipinski definition) is 2. The maximum atomic E-state index is 12.5. The molecule has 3 rings (SSSR count). The number of nitrogen functional groups attached to an aromatic ring is 1. The standard InChI is InChI=1S/C11H16N4O2S3/c1-11(3-2-5-19-11)7-13-20(16,17)9-8(12)14-10-15(9)4-6-18-10/h4,6,13H,2-3,5,7,12H2,1H3. The topological polar surface area (TPSA) is 89.5 Å². The highest BCUT2D eigenvalue weighted by atomic mass is 32.2. The molecule has 3 heterocycles. The lowest BCUT2D eigenvalue weighted by Gasteiger charge is -2.22. The molecule has 1 saturated heterocycles. The summed E-state index contributed by atoms with van der Waals surface area (Å²) in [7, 11) is -3.65. The number of sulfonamides is 1. The van der Waals surface area contributed by atoms with Crippen LogP contribution in [0.5, 0.6) is 0 Å². The van der Waals surface area contributed by atoms with E-state index >= 15 is 0 Å². The first-order valence-corrected chi connectivity index (χ1v) is 9.61. The minimum absolute atomic E-state index is 0.0275. The Bertz CT molecular complexity index is 728. The summed E-state index contributed by atoms with van der Waals surface area (Å²) in [6.45, 7) is 2.50. The number of anilines is 1. The molecule has 3 N–H and O–H groups in total. The lowest BCUT2D eigenvalue weighted by Crippen LogP contribution is -2.37. The Labute approximate surface area is 125 Å². The molecule has 0 radical (unpaired) electrons. The number of thiazole rings is 1. The van der Waals surface area contributed by atoms with Gasteiger partial charge in [-0.25, -0.2) is 18.1 Å². The maximum Gasteiger partial charge on any atom is 0.260 e. The van der Waals surface area contributed by atoms with Crippen molar-refractivity contribution in [1.29, 1.82) is 0 Å². The summed E-state index contributed by atoms with van der Waals surface area (Å²) in [4.78, 5) is 4.66. The van der Waals surface area contributed by atoms with Gasteiger partial charge in [0.05, 0.1) is 0 Å². The van der Waals surface area contributed by atoms with Gasteiger partial charge in [0.1, 0.15) is 0 Å². The van der Waals surface area contributed by atoms with Crippen molar-refractivity contribution in [2.45, 2.75) is 29.5 Å². The fourth-order valence-electron chi connectivity index (χ4n) is 2.34. The van der Waals surface area contributed by atoms with Crippen molar-refractivity contribution in [3.05, 3.63) is 11.6 Å². The van der Waals surface area contributed by atoms with Crippen LogP contribution < -0.4 is 10.5 Å². The van der Waals surface area contributed by atoms with Crippen molar-refractivity contribution in [3.63, 3.8) is 0 Å². The number of rotatable bonds is 4. The van der Waals surface area contributed by atoms with Crippen LogP contribution in [0.1, 0.15) is 19.8 Å². The Hall–Kier alpha value is -0.770. The normalized spacial score (nSPS) is 23.6. The number of aromatic nitrogens is 2. The molecule has 6 nitrogen and oxygen atoms in total. The van der Waals surface area contributed by atoms with E-state index < -0.39 is 10.0 Å². The van der Waals surface area contributed by atoms with Gasteiger partial charge >= 0.3 is 0 Å². The second-order valence-corrected chi connectivity index (χ2v) is 9.32. The lowest BCUT2D eigenvalue weighted by atomic mass is 10.1. The molecule has 1 aliphatic rings. The number of fused-ring (bicyclic) bond motifs is 1. The third kappa shape index (κ3) is 2.43. The quantitative estimate of drug-likeness (QED) is 0.886. The van der Waals surface area contributed by atoms with Crippen molar-refractivity contribution < 1.29 is 8.42 Å². The number of nitrogens with two attached hydrogens (primary N) is 1. The SMILES string of the molecule is CC1(CNS(=O)(=O)c2c(N)nc3sccn23)CCCS1. The molecule has 0 aromatic carbocycles. The maximum absolute atomic E-state index is 12.5. The molecule has 9 heteroatoms. The molecule has 1 fully saturated rings. The molecule has 2 aromatic heterocycles. The second kappa shape index (κ2) is 4.90. The third-order valence-electron chi connectivity index (χ3n) is 3.43. The van der Waals surface area contributed by atoms with E-state index in [4.69, 9.17) is 5.73 Å². The summed E-state index contributed by atoms with van der Waals surface area (Å²) in [6, 6.07) is 0. The molecule has 0 saturated carbocycles. The summed E-state index contributed by atoms with van der Waals surface area (Å²) in [6.07, 6.45) is 3.83. The van der Waals surface area contributed by atoms with E-state index in [2.05, 4.69) is 16.6 Å². The van der Waals surface area contributed by atoms with E-state index in [1.807, 2.05) is 11.8 Å². The molecule has 0 aliphatic carbocycles. The minimum Gasteiger partial charge on any atom is -0.381 e. The number of imidazole rings is 1. The summed E-state index contributed by atoms with van der Waals surface area (Å²) >= 11 is 3.17. The Morgan fingerprint density at radius 3 is 3.10 bits per heavy atom. The second-order valence-electron chi connectivity index (χ2n) is 5.08. The van der Waals surface area contributed by atoms with Crippen molar-refractivity contribution in [3.8, 4) is 0 Å². The Balaban J connectivity index is 1.88. The Kier molecular flexibility index (Phi) is 3.47. The molecular weight excluding hydrogens is 316 g/mol. The lowest BCUT2D eigenvalue weighted by molar-refractivity contribution is 0.549. The van der Waals surface area contributed by atoms with Gasteiger partial charge in [-0.15, -0.1) is 11.3 Å². The monoisotopic (exact) mass is 332 g/mol. The van der Waals surface area contributed by atoms with E-state index in [9.17, 15) is 8.42 Å². The average molecular weight is 332 g/mol. The largest absolute Gasteiger partial charge is 0.381 e. The summed E-state index contributed by atoms with van der Waals surface area (Å²) in [5.41, 5.74) is 5.75. The Morgan fingerprint density at radius 1 is 1.60 bits per heavy atom. The molecule has 2 aromatic rings. The van der Waals surface area contributed by atoms with E-state index in [0.29, 0.717) is 11.5 Å². The molecule has 1 unspecified atom stereocenters. The van der Waals surface area contributed by atoms with Crippen LogP contribution in [0.2, 0.25) is 0 Å². The van der Waals surface area contributed by atoms with Crippen LogP contribution in [-0.2, 0) is 10.0 Å². The van der Waals surface area contributed by atoms with Gasteiger partial charge in [-0.3, -0.25) is 4.40 Å². The van der Waals surface area contributed by atoms with Crippen LogP contribution in [0.25, 0.3) is 4.96 Å². The smallest absolute Gasteiger partial charge is 0.260 e. The first kappa shape index (κ1) is 14.2. The fraction of sp³-hybridized carbons (Fsp3) is 0.545. The van der Waals surface area contributed by atoms with Crippen molar-refractivity contribution >= 4 is 43.9 Å². The molecule has 110 valence electrons. The van der Waals surface area contributed by atoms with E-state index in [1.165, 1.54) is 15.7 Å².